The molecule has 1 aliphatic heterocycles. The lowest BCUT2D eigenvalue weighted by Gasteiger charge is -2.08. The summed E-state index contributed by atoms with van der Waals surface area (Å²) >= 11 is 5.12. The molecule has 21 heavy (non-hydrogen) atoms. The van der Waals surface area contributed by atoms with Gasteiger partial charge in [-0.05, 0) is 33.6 Å². The summed E-state index contributed by atoms with van der Waals surface area (Å²) in [5, 5.41) is 2.93. The number of thiophene rings is 1. The second-order valence-corrected chi connectivity index (χ2v) is 6.78. The summed E-state index contributed by atoms with van der Waals surface area (Å²) in [4.78, 5) is 12.8. The second-order valence-electron chi connectivity index (χ2n) is 5.05. The number of para-hydroxylation sites is 1. The van der Waals surface area contributed by atoms with Gasteiger partial charge in [-0.25, -0.2) is 0 Å². The van der Waals surface area contributed by atoms with Gasteiger partial charge in [0.1, 0.15) is 5.75 Å². The Labute approximate surface area is 134 Å². The van der Waals surface area contributed by atoms with Gasteiger partial charge in [0.15, 0.2) is 6.10 Å². The number of halogens is 1. The van der Waals surface area contributed by atoms with E-state index in [0.29, 0.717) is 6.42 Å². The van der Waals surface area contributed by atoms with Crippen molar-refractivity contribution in [2.24, 2.45) is 0 Å². The molecule has 2 nitrogen and oxygen atoms in total. The van der Waals surface area contributed by atoms with E-state index in [1.165, 1.54) is 0 Å². The molecule has 104 valence electrons. The lowest BCUT2D eigenvalue weighted by atomic mass is 10.0. The number of rotatable bonds is 2. The van der Waals surface area contributed by atoms with Crippen molar-refractivity contribution in [1.82, 2.24) is 0 Å². The van der Waals surface area contributed by atoms with Crippen LogP contribution in [0.15, 0.2) is 52.3 Å². The SMILES string of the molecule is O=C(c1csc2c(Br)cccc12)C1Cc2ccccc2O1. The minimum absolute atomic E-state index is 0.0653. The predicted octanol–water partition coefficient (Wildman–Crippen LogP) is 4.85. The molecule has 4 rings (SSSR count). The lowest BCUT2D eigenvalue weighted by Crippen LogP contribution is -2.25. The first-order valence-electron chi connectivity index (χ1n) is 6.68. The molecule has 1 aromatic heterocycles. The molecule has 0 amide bonds. The minimum atomic E-state index is -0.404. The number of hydrogen-bond acceptors (Lipinski definition) is 3. The van der Waals surface area contributed by atoms with Gasteiger partial charge in [0.05, 0.1) is 0 Å². The van der Waals surface area contributed by atoms with Gasteiger partial charge in [0.25, 0.3) is 0 Å². The first-order chi connectivity index (χ1) is 10.2. The van der Waals surface area contributed by atoms with E-state index < -0.39 is 6.10 Å². The monoisotopic (exact) mass is 358 g/mol. The van der Waals surface area contributed by atoms with Crippen LogP contribution in [0.4, 0.5) is 0 Å². The molecule has 0 radical (unpaired) electrons. The van der Waals surface area contributed by atoms with Gasteiger partial charge < -0.3 is 4.74 Å². The van der Waals surface area contributed by atoms with Crippen molar-refractivity contribution in [1.29, 1.82) is 0 Å². The van der Waals surface area contributed by atoms with Gasteiger partial charge in [-0.15, -0.1) is 11.3 Å². The van der Waals surface area contributed by atoms with Gasteiger partial charge in [0, 0.05) is 31.9 Å². The number of Topliss-reactive ketones (excluding diaryl/α,β-unsaturated/α-hetero) is 1. The van der Waals surface area contributed by atoms with E-state index >= 15 is 0 Å². The minimum Gasteiger partial charge on any atom is -0.482 e. The van der Waals surface area contributed by atoms with Crippen molar-refractivity contribution in [3.05, 3.63) is 63.4 Å². The highest BCUT2D eigenvalue weighted by molar-refractivity contribution is 9.10. The molecule has 0 aliphatic carbocycles. The normalized spacial score (nSPS) is 16.7. The largest absolute Gasteiger partial charge is 0.482 e. The van der Waals surface area contributed by atoms with Crippen molar-refractivity contribution >= 4 is 43.1 Å². The van der Waals surface area contributed by atoms with Gasteiger partial charge >= 0.3 is 0 Å². The van der Waals surface area contributed by atoms with E-state index in [1.807, 2.05) is 47.8 Å². The van der Waals surface area contributed by atoms with Crippen molar-refractivity contribution in [2.75, 3.05) is 0 Å². The Kier molecular flexibility index (Phi) is 3.08. The maximum absolute atomic E-state index is 12.8. The van der Waals surface area contributed by atoms with E-state index in [1.54, 1.807) is 11.3 Å². The number of benzene rings is 2. The second kappa shape index (κ2) is 4.97. The fraction of sp³-hybridized carbons (Fsp3) is 0.118. The van der Waals surface area contributed by atoms with Crippen LogP contribution in [-0.2, 0) is 6.42 Å². The van der Waals surface area contributed by atoms with Crippen LogP contribution in [0.3, 0.4) is 0 Å². The molecule has 4 heteroatoms. The maximum atomic E-state index is 12.8. The third-order valence-corrected chi connectivity index (χ3v) is 5.71. The fourth-order valence-electron chi connectivity index (χ4n) is 2.71. The summed E-state index contributed by atoms with van der Waals surface area (Å²) in [5.74, 6) is 0.895. The Morgan fingerprint density at radius 2 is 2.05 bits per heavy atom. The van der Waals surface area contributed by atoms with Gasteiger partial charge in [0.2, 0.25) is 5.78 Å². The summed E-state index contributed by atoms with van der Waals surface area (Å²) in [6.07, 6.45) is 0.250. The summed E-state index contributed by atoms with van der Waals surface area (Å²) in [6, 6.07) is 13.8. The Hall–Kier alpha value is -1.65. The molecule has 0 bridgehead atoms. The molecule has 0 fully saturated rings. The molecule has 1 atom stereocenters. The molecule has 1 unspecified atom stereocenters. The molecule has 2 aromatic carbocycles. The lowest BCUT2D eigenvalue weighted by molar-refractivity contribution is 0.0827. The summed E-state index contributed by atoms with van der Waals surface area (Å²) in [5.41, 5.74) is 1.87. The molecule has 1 aliphatic rings. The highest BCUT2D eigenvalue weighted by Crippen LogP contribution is 2.35. The van der Waals surface area contributed by atoms with Crippen molar-refractivity contribution in [3.63, 3.8) is 0 Å². The molecule has 0 spiro atoms. The molecule has 0 N–H and O–H groups in total. The summed E-state index contributed by atoms with van der Waals surface area (Å²) in [6.45, 7) is 0. The third kappa shape index (κ3) is 2.10. The van der Waals surface area contributed by atoms with Crippen LogP contribution in [0.2, 0.25) is 0 Å². The first-order valence-corrected chi connectivity index (χ1v) is 8.36. The van der Waals surface area contributed by atoms with Crippen molar-refractivity contribution in [2.45, 2.75) is 12.5 Å². The van der Waals surface area contributed by atoms with Crippen LogP contribution >= 0.6 is 27.3 Å². The number of carbonyl (C=O) groups is 1. The van der Waals surface area contributed by atoms with E-state index in [0.717, 1.165) is 31.4 Å². The standard InChI is InChI=1S/C17H11BrO2S/c18-13-6-3-5-11-12(9-21-17(11)13)16(19)15-8-10-4-1-2-7-14(10)20-15/h1-7,9,15H,8H2. The van der Waals surface area contributed by atoms with E-state index in [9.17, 15) is 4.79 Å². The number of hydrogen-bond donors (Lipinski definition) is 0. The van der Waals surface area contributed by atoms with Crippen LogP contribution in [0.25, 0.3) is 10.1 Å². The average Bonchev–Trinajstić information content (AvgIpc) is 3.11. The molecule has 0 saturated heterocycles. The predicted molar refractivity (Wildman–Crippen MR) is 88.4 cm³/mol. The zero-order valence-corrected chi connectivity index (χ0v) is 13.4. The van der Waals surface area contributed by atoms with Gasteiger partial charge in [-0.1, -0.05) is 30.3 Å². The fourth-order valence-corrected chi connectivity index (χ4v) is 4.33. The summed E-state index contributed by atoms with van der Waals surface area (Å²) in [7, 11) is 0. The smallest absolute Gasteiger partial charge is 0.205 e. The van der Waals surface area contributed by atoms with E-state index in [-0.39, 0.29) is 5.78 Å². The van der Waals surface area contributed by atoms with Crippen molar-refractivity contribution in [3.8, 4) is 5.75 Å². The quantitative estimate of drug-likeness (QED) is 0.612. The molecule has 2 heterocycles. The number of ether oxygens (including phenoxy) is 1. The van der Waals surface area contributed by atoms with Gasteiger partial charge in [-0.2, -0.15) is 0 Å². The maximum Gasteiger partial charge on any atom is 0.205 e. The molecule has 3 aromatic rings. The Morgan fingerprint density at radius 1 is 1.19 bits per heavy atom. The molecular weight excluding hydrogens is 348 g/mol. The van der Waals surface area contributed by atoms with E-state index in [4.69, 9.17) is 4.74 Å². The number of fused-ring (bicyclic) bond motifs is 2. The first kappa shape index (κ1) is 13.0. The third-order valence-electron chi connectivity index (χ3n) is 3.76. The zero-order chi connectivity index (χ0) is 14.4. The number of ketones is 1. The molecular formula is C17H11BrO2S. The Bertz CT molecular complexity index is 828. The average molecular weight is 359 g/mol. The topological polar surface area (TPSA) is 26.3 Å². The number of carbonyl (C=O) groups excluding carboxylic acids is 1. The van der Waals surface area contributed by atoms with Crippen LogP contribution in [0, 0.1) is 0 Å². The van der Waals surface area contributed by atoms with Gasteiger partial charge in [-0.3, -0.25) is 4.79 Å². The Balaban J connectivity index is 1.71. The Morgan fingerprint density at radius 3 is 2.90 bits per heavy atom. The zero-order valence-electron chi connectivity index (χ0n) is 11.0. The highest BCUT2D eigenvalue weighted by atomic mass is 79.9. The van der Waals surface area contributed by atoms with Crippen molar-refractivity contribution < 1.29 is 9.53 Å². The van der Waals surface area contributed by atoms with Crippen LogP contribution < -0.4 is 4.74 Å². The van der Waals surface area contributed by atoms with E-state index in [2.05, 4.69) is 15.9 Å². The molecule has 0 saturated carbocycles. The van der Waals surface area contributed by atoms with Crippen LogP contribution in [0.1, 0.15) is 15.9 Å². The van der Waals surface area contributed by atoms with Crippen LogP contribution in [0.5, 0.6) is 5.75 Å². The highest BCUT2D eigenvalue weighted by Gasteiger charge is 2.30. The summed E-state index contributed by atoms with van der Waals surface area (Å²) < 4.78 is 7.95. The van der Waals surface area contributed by atoms with Crippen LogP contribution in [-0.4, -0.2) is 11.9 Å².